The Bertz CT molecular complexity index is 501. The second kappa shape index (κ2) is 8.63. The molecule has 2 aromatic carbocycles. The Morgan fingerprint density at radius 1 is 0.810 bits per heavy atom. The molecule has 2 N–H and O–H groups in total. The molecule has 0 fully saturated rings. The highest BCUT2D eigenvalue weighted by atomic mass is 14.6. The first kappa shape index (κ1) is 15.8. The summed E-state index contributed by atoms with van der Waals surface area (Å²) in [4.78, 5) is 0. The summed E-state index contributed by atoms with van der Waals surface area (Å²) >= 11 is 0. The van der Waals surface area contributed by atoms with Gasteiger partial charge in [-0.2, -0.15) is 0 Å². The summed E-state index contributed by atoms with van der Waals surface area (Å²) in [6.45, 7) is 2.17. The summed E-state index contributed by atoms with van der Waals surface area (Å²) in [6, 6.07) is 19.9. The summed E-state index contributed by atoms with van der Waals surface area (Å²) in [5, 5.41) is 0. The Balaban J connectivity index is 1.75. The van der Waals surface area contributed by atoms with Gasteiger partial charge in [-0.15, -0.1) is 0 Å². The van der Waals surface area contributed by atoms with Crippen LogP contribution in [-0.2, 0) is 6.42 Å². The van der Waals surface area contributed by atoms with Crippen molar-refractivity contribution in [3.05, 3.63) is 60.2 Å². The van der Waals surface area contributed by atoms with Gasteiger partial charge in [-0.3, -0.25) is 0 Å². The summed E-state index contributed by atoms with van der Waals surface area (Å²) in [5.74, 6) is 0. The van der Waals surface area contributed by atoms with Crippen LogP contribution < -0.4 is 5.73 Å². The maximum Gasteiger partial charge on any atom is 0.00362 e. The molecule has 0 aromatic heterocycles. The van der Waals surface area contributed by atoms with Crippen molar-refractivity contribution in [1.29, 1.82) is 0 Å². The first-order valence-corrected chi connectivity index (χ1v) is 8.19. The van der Waals surface area contributed by atoms with E-state index in [-0.39, 0.29) is 0 Å². The van der Waals surface area contributed by atoms with Crippen LogP contribution in [0.2, 0.25) is 0 Å². The standard InChI is InChI=1S/C20H27N/c1-2-20(21)12-8-3-5-9-17-13-15-19(16-14-17)18-10-6-4-7-11-18/h4,6-7,10-11,13-16,20H,2-3,5,8-9,12,21H2,1H3. The second-order valence-corrected chi connectivity index (χ2v) is 5.83. The molecule has 0 heterocycles. The van der Waals surface area contributed by atoms with E-state index < -0.39 is 0 Å². The molecule has 0 aliphatic rings. The van der Waals surface area contributed by atoms with E-state index in [2.05, 4.69) is 61.5 Å². The van der Waals surface area contributed by atoms with Crippen molar-refractivity contribution in [3.8, 4) is 11.1 Å². The van der Waals surface area contributed by atoms with Crippen LogP contribution in [0.5, 0.6) is 0 Å². The first-order chi connectivity index (χ1) is 10.3. The molecular weight excluding hydrogens is 254 g/mol. The largest absolute Gasteiger partial charge is 0.328 e. The number of benzene rings is 2. The summed E-state index contributed by atoms with van der Waals surface area (Å²) < 4.78 is 0. The van der Waals surface area contributed by atoms with Gasteiger partial charge in [-0.05, 0) is 42.4 Å². The average Bonchev–Trinajstić information content (AvgIpc) is 2.55. The zero-order valence-electron chi connectivity index (χ0n) is 13.1. The second-order valence-electron chi connectivity index (χ2n) is 5.83. The van der Waals surface area contributed by atoms with Crippen molar-refractivity contribution < 1.29 is 0 Å². The number of aryl methyl sites for hydroxylation is 1. The smallest absolute Gasteiger partial charge is 0.00362 e. The summed E-state index contributed by atoms with van der Waals surface area (Å²) in [6.07, 6.45) is 7.26. The highest BCUT2D eigenvalue weighted by Crippen LogP contribution is 2.20. The van der Waals surface area contributed by atoms with Crippen LogP contribution >= 0.6 is 0 Å². The van der Waals surface area contributed by atoms with E-state index in [9.17, 15) is 0 Å². The fraction of sp³-hybridized carbons (Fsp3) is 0.400. The molecule has 1 heteroatoms. The van der Waals surface area contributed by atoms with Crippen LogP contribution in [0.1, 0.15) is 44.6 Å². The highest BCUT2D eigenvalue weighted by Gasteiger charge is 2.00. The topological polar surface area (TPSA) is 26.0 Å². The van der Waals surface area contributed by atoms with Gasteiger partial charge in [0.05, 0.1) is 0 Å². The molecule has 1 nitrogen and oxygen atoms in total. The van der Waals surface area contributed by atoms with Gasteiger partial charge in [0.15, 0.2) is 0 Å². The number of unbranched alkanes of at least 4 members (excludes halogenated alkanes) is 2. The molecule has 112 valence electrons. The number of hydrogen-bond donors (Lipinski definition) is 1. The molecule has 0 aliphatic heterocycles. The van der Waals surface area contributed by atoms with Gasteiger partial charge in [-0.25, -0.2) is 0 Å². The van der Waals surface area contributed by atoms with E-state index in [1.54, 1.807) is 0 Å². The van der Waals surface area contributed by atoms with Gasteiger partial charge < -0.3 is 5.73 Å². The molecule has 21 heavy (non-hydrogen) atoms. The van der Waals surface area contributed by atoms with Gasteiger partial charge in [0.2, 0.25) is 0 Å². The maximum absolute atomic E-state index is 5.94. The fourth-order valence-electron chi connectivity index (χ4n) is 2.61. The monoisotopic (exact) mass is 281 g/mol. The quantitative estimate of drug-likeness (QED) is 0.662. The third-order valence-electron chi connectivity index (χ3n) is 4.13. The van der Waals surface area contributed by atoms with Crippen LogP contribution in [0.4, 0.5) is 0 Å². The Morgan fingerprint density at radius 2 is 1.48 bits per heavy atom. The first-order valence-electron chi connectivity index (χ1n) is 8.19. The van der Waals surface area contributed by atoms with E-state index in [0.29, 0.717) is 6.04 Å². The lowest BCUT2D eigenvalue weighted by atomic mass is 10.0. The Kier molecular flexibility index (Phi) is 6.49. The summed E-state index contributed by atoms with van der Waals surface area (Å²) in [7, 11) is 0. The predicted molar refractivity (Wildman–Crippen MR) is 92.3 cm³/mol. The van der Waals surface area contributed by atoms with Gasteiger partial charge in [0.25, 0.3) is 0 Å². The van der Waals surface area contributed by atoms with E-state index in [0.717, 1.165) is 6.42 Å². The highest BCUT2D eigenvalue weighted by molar-refractivity contribution is 5.63. The van der Waals surface area contributed by atoms with Gasteiger partial charge in [0.1, 0.15) is 0 Å². The minimum Gasteiger partial charge on any atom is -0.328 e. The molecule has 0 spiro atoms. The Labute approximate surface area is 129 Å². The number of rotatable bonds is 8. The van der Waals surface area contributed by atoms with E-state index in [1.807, 2.05) is 0 Å². The third-order valence-corrected chi connectivity index (χ3v) is 4.13. The van der Waals surface area contributed by atoms with Gasteiger partial charge >= 0.3 is 0 Å². The normalized spacial score (nSPS) is 12.3. The predicted octanol–water partition coefficient (Wildman–Crippen LogP) is 5.19. The van der Waals surface area contributed by atoms with E-state index in [1.165, 1.54) is 48.8 Å². The van der Waals surface area contributed by atoms with Crippen molar-refractivity contribution in [2.24, 2.45) is 5.73 Å². The molecule has 0 bridgehead atoms. The molecule has 0 aliphatic carbocycles. The average molecular weight is 281 g/mol. The van der Waals surface area contributed by atoms with Crippen molar-refractivity contribution in [2.75, 3.05) is 0 Å². The zero-order chi connectivity index (χ0) is 14.9. The van der Waals surface area contributed by atoms with Crippen LogP contribution in [0.25, 0.3) is 11.1 Å². The molecule has 0 amide bonds. The molecule has 2 aromatic rings. The SMILES string of the molecule is CCC(N)CCCCCc1ccc(-c2ccccc2)cc1. The van der Waals surface area contributed by atoms with Gasteiger partial charge in [0, 0.05) is 6.04 Å². The van der Waals surface area contributed by atoms with E-state index >= 15 is 0 Å². The lowest BCUT2D eigenvalue weighted by Crippen LogP contribution is -2.17. The Hall–Kier alpha value is -1.60. The molecule has 1 atom stereocenters. The maximum atomic E-state index is 5.94. The van der Waals surface area contributed by atoms with Crippen LogP contribution in [0.3, 0.4) is 0 Å². The fourth-order valence-corrected chi connectivity index (χ4v) is 2.61. The molecule has 0 saturated carbocycles. The molecule has 0 radical (unpaired) electrons. The van der Waals surface area contributed by atoms with Crippen molar-refractivity contribution in [2.45, 2.75) is 51.5 Å². The third kappa shape index (κ3) is 5.35. The number of nitrogens with two attached hydrogens (primary N) is 1. The van der Waals surface area contributed by atoms with Crippen molar-refractivity contribution >= 4 is 0 Å². The molecule has 2 rings (SSSR count). The molecular formula is C20H27N. The van der Waals surface area contributed by atoms with Crippen molar-refractivity contribution in [3.63, 3.8) is 0 Å². The Morgan fingerprint density at radius 3 is 2.14 bits per heavy atom. The zero-order valence-corrected chi connectivity index (χ0v) is 13.1. The molecule has 1 unspecified atom stereocenters. The molecule has 0 saturated heterocycles. The minimum absolute atomic E-state index is 0.398. The van der Waals surface area contributed by atoms with E-state index in [4.69, 9.17) is 5.73 Å². The lowest BCUT2D eigenvalue weighted by Gasteiger charge is -2.08. The van der Waals surface area contributed by atoms with Gasteiger partial charge in [-0.1, -0.05) is 74.4 Å². The lowest BCUT2D eigenvalue weighted by molar-refractivity contribution is 0.540. The van der Waals surface area contributed by atoms with Crippen LogP contribution in [0.15, 0.2) is 54.6 Å². The number of hydrogen-bond acceptors (Lipinski definition) is 1. The van der Waals surface area contributed by atoms with Crippen LogP contribution in [0, 0.1) is 0 Å². The summed E-state index contributed by atoms with van der Waals surface area (Å²) in [5.41, 5.74) is 9.97. The minimum atomic E-state index is 0.398. The van der Waals surface area contributed by atoms with Crippen LogP contribution in [-0.4, -0.2) is 6.04 Å². The van der Waals surface area contributed by atoms with Crippen molar-refractivity contribution in [1.82, 2.24) is 0 Å².